The Labute approximate surface area is 169 Å². The zero-order chi connectivity index (χ0) is 19.4. The molecule has 8 nitrogen and oxygen atoms in total. The van der Waals surface area contributed by atoms with E-state index in [1.54, 1.807) is 18.2 Å². The number of piperazine rings is 1. The van der Waals surface area contributed by atoms with Crippen LogP contribution in [0.1, 0.15) is 13.8 Å². The van der Waals surface area contributed by atoms with E-state index in [9.17, 15) is 14.5 Å². The minimum Gasteiger partial charge on any atom is -0.368 e. The molecule has 1 aromatic carbocycles. The molecule has 0 amide bonds. The molecule has 0 bridgehead atoms. The van der Waals surface area contributed by atoms with Crippen LogP contribution in [-0.4, -0.2) is 42.1 Å². The first-order valence-electron chi connectivity index (χ1n) is 8.88. The van der Waals surface area contributed by atoms with Gasteiger partial charge in [0.1, 0.15) is 11.6 Å². The first-order chi connectivity index (χ1) is 12.9. The number of pyridine rings is 1. The zero-order valence-corrected chi connectivity index (χ0v) is 16.6. The molecule has 28 heavy (non-hydrogen) atoms. The van der Waals surface area contributed by atoms with E-state index in [1.807, 2.05) is 18.7 Å². The summed E-state index contributed by atoms with van der Waals surface area (Å²) in [6.45, 7) is 6.98. The maximum Gasteiger partial charge on any atom is 0.311 e. The fourth-order valence-electron chi connectivity index (χ4n) is 2.95. The topological polar surface area (TPSA) is 95.4 Å². The van der Waals surface area contributed by atoms with Crippen LogP contribution in [0.3, 0.4) is 0 Å². The van der Waals surface area contributed by atoms with Crippen molar-refractivity contribution >= 4 is 41.1 Å². The van der Waals surface area contributed by atoms with E-state index >= 15 is 0 Å². The quantitative estimate of drug-likeness (QED) is 0.495. The summed E-state index contributed by atoms with van der Waals surface area (Å²) in [5, 5.41) is 20.5. The number of benzene rings is 1. The highest BCUT2D eigenvalue weighted by molar-refractivity contribution is 5.85. The summed E-state index contributed by atoms with van der Waals surface area (Å²) >= 11 is 0. The highest BCUT2D eigenvalue weighted by Crippen LogP contribution is 2.30. The molecular formula is C18H24ClFN6O2. The smallest absolute Gasteiger partial charge is 0.311 e. The van der Waals surface area contributed by atoms with E-state index in [4.69, 9.17) is 0 Å². The van der Waals surface area contributed by atoms with Gasteiger partial charge in [0.05, 0.1) is 10.6 Å². The van der Waals surface area contributed by atoms with Gasteiger partial charge in [-0.25, -0.2) is 9.37 Å². The normalized spacial score (nSPS) is 13.8. The van der Waals surface area contributed by atoms with Gasteiger partial charge in [-0.2, -0.15) is 0 Å². The Kier molecular flexibility index (Phi) is 7.36. The van der Waals surface area contributed by atoms with E-state index in [0.29, 0.717) is 17.2 Å². The van der Waals surface area contributed by atoms with Gasteiger partial charge in [-0.15, -0.1) is 12.4 Å². The van der Waals surface area contributed by atoms with Crippen molar-refractivity contribution in [1.82, 2.24) is 10.3 Å². The highest BCUT2D eigenvalue weighted by Gasteiger charge is 2.19. The summed E-state index contributed by atoms with van der Waals surface area (Å²) in [6, 6.07) is 7.79. The largest absolute Gasteiger partial charge is 0.368 e. The summed E-state index contributed by atoms with van der Waals surface area (Å²) in [7, 11) is 0. The molecule has 152 valence electrons. The van der Waals surface area contributed by atoms with Crippen molar-refractivity contribution in [3.05, 3.63) is 46.3 Å². The number of halogens is 2. The molecule has 3 N–H and O–H groups in total. The molecule has 0 aliphatic carbocycles. The first kappa shape index (κ1) is 21.6. The second-order valence-electron chi connectivity index (χ2n) is 6.65. The maximum absolute atomic E-state index is 14.6. The molecule has 0 radical (unpaired) electrons. The summed E-state index contributed by atoms with van der Waals surface area (Å²) < 4.78 is 14.6. The lowest BCUT2D eigenvalue weighted by Crippen LogP contribution is -2.43. The molecular weight excluding hydrogens is 387 g/mol. The molecule has 0 saturated carbocycles. The molecule has 3 rings (SSSR count). The number of rotatable bonds is 6. The summed E-state index contributed by atoms with van der Waals surface area (Å²) in [5.74, 6) is 0.206. The monoisotopic (exact) mass is 410 g/mol. The molecule has 0 spiro atoms. The average Bonchev–Trinajstić information content (AvgIpc) is 2.62. The number of hydrogen-bond donors (Lipinski definition) is 3. The van der Waals surface area contributed by atoms with Gasteiger partial charge < -0.3 is 20.9 Å². The summed E-state index contributed by atoms with van der Waals surface area (Å²) in [4.78, 5) is 17.0. The van der Waals surface area contributed by atoms with Crippen molar-refractivity contribution in [2.45, 2.75) is 19.9 Å². The number of hydrogen-bond acceptors (Lipinski definition) is 7. The number of anilines is 4. The molecule has 1 saturated heterocycles. The van der Waals surface area contributed by atoms with Crippen molar-refractivity contribution in [1.29, 1.82) is 0 Å². The lowest BCUT2D eigenvalue weighted by molar-refractivity contribution is -0.384. The Morgan fingerprint density at radius 2 is 1.96 bits per heavy atom. The average molecular weight is 411 g/mol. The molecule has 1 aromatic heterocycles. The first-order valence-corrected chi connectivity index (χ1v) is 8.88. The molecule has 2 heterocycles. The Balaban J connectivity index is 0.00000280. The van der Waals surface area contributed by atoms with Crippen LogP contribution < -0.4 is 20.9 Å². The third-order valence-corrected chi connectivity index (χ3v) is 4.18. The van der Waals surface area contributed by atoms with Crippen molar-refractivity contribution < 1.29 is 9.31 Å². The van der Waals surface area contributed by atoms with Gasteiger partial charge in [0.2, 0.25) is 5.82 Å². The van der Waals surface area contributed by atoms with E-state index in [0.717, 1.165) is 26.2 Å². The number of aromatic nitrogens is 1. The van der Waals surface area contributed by atoms with E-state index in [-0.39, 0.29) is 35.8 Å². The van der Waals surface area contributed by atoms with Crippen molar-refractivity contribution in [2.75, 3.05) is 41.7 Å². The van der Waals surface area contributed by atoms with Gasteiger partial charge in [-0.05, 0) is 38.1 Å². The number of nitrogens with zero attached hydrogens (tertiary/aromatic N) is 3. The summed E-state index contributed by atoms with van der Waals surface area (Å²) in [5.41, 5.74) is 0.763. The molecule has 1 fully saturated rings. The molecule has 1 aliphatic heterocycles. The van der Waals surface area contributed by atoms with Gasteiger partial charge in [-0.1, -0.05) is 0 Å². The molecule has 0 unspecified atom stereocenters. The van der Waals surface area contributed by atoms with Crippen LogP contribution in [0.2, 0.25) is 0 Å². The third kappa shape index (κ3) is 5.20. The minimum absolute atomic E-state index is 0. The molecule has 2 aromatic rings. The third-order valence-electron chi connectivity index (χ3n) is 4.18. The zero-order valence-electron chi connectivity index (χ0n) is 15.7. The van der Waals surface area contributed by atoms with Gasteiger partial charge in [0, 0.05) is 44.0 Å². The fourth-order valence-corrected chi connectivity index (χ4v) is 2.95. The predicted molar refractivity (Wildman–Crippen MR) is 112 cm³/mol. The summed E-state index contributed by atoms with van der Waals surface area (Å²) in [6.07, 6.45) is 0. The Bertz CT molecular complexity index is 830. The van der Waals surface area contributed by atoms with Crippen molar-refractivity contribution in [2.24, 2.45) is 0 Å². The highest BCUT2D eigenvalue weighted by atomic mass is 35.5. The van der Waals surface area contributed by atoms with Crippen molar-refractivity contribution in [3.63, 3.8) is 0 Å². The lowest BCUT2D eigenvalue weighted by Gasteiger charge is -2.29. The second-order valence-corrected chi connectivity index (χ2v) is 6.65. The predicted octanol–water partition coefficient (Wildman–Crippen LogP) is 3.52. The van der Waals surface area contributed by atoms with Gasteiger partial charge in [0.25, 0.3) is 0 Å². The van der Waals surface area contributed by atoms with Crippen molar-refractivity contribution in [3.8, 4) is 0 Å². The van der Waals surface area contributed by atoms with Crippen LogP contribution in [0.15, 0.2) is 30.3 Å². The van der Waals surface area contributed by atoms with Gasteiger partial charge in [-0.3, -0.25) is 10.1 Å². The molecule has 0 atom stereocenters. The van der Waals surface area contributed by atoms with E-state index in [1.165, 1.54) is 12.1 Å². The SMILES string of the molecule is CC(C)Nc1ccc([N+](=O)[O-])c(Nc2ccc(N3CCNCC3)c(F)c2)n1.Cl. The Morgan fingerprint density at radius 3 is 2.57 bits per heavy atom. The van der Waals surface area contributed by atoms with Crippen LogP contribution in [0, 0.1) is 15.9 Å². The molecule has 10 heteroatoms. The maximum atomic E-state index is 14.6. The van der Waals surface area contributed by atoms with Crippen LogP contribution in [-0.2, 0) is 0 Å². The van der Waals surface area contributed by atoms with Crippen LogP contribution in [0.25, 0.3) is 0 Å². The van der Waals surface area contributed by atoms with Crippen LogP contribution >= 0.6 is 12.4 Å². The van der Waals surface area contributed by atoms with Crippen LogP contribution in [0.5, 0.6) is 0 Å². The van der Waals surface area contributed by atoms with Crippen LogP contribution in [0.4, 0.5) is 33.1 Å². The fraction of sp³-hybridized carbons (Fsp3) is 0.389. The lowest BCUT2D eigenvalue weighted by atomic mass is 10.2. The number of nitrogens with one attached hydrogen (secondary N) is 3. The van der Waals surface area contributed by atoms with Gasteiger partial charge in [0.15, 0.2) is 0 Å². The number of nitro groups is 1. The minimum atomic E-state index is -0.514. The van der Waals surface area contributed by atoms with Gasteiger partial charge >= 0.3 is 5.69 Å². The second kappa shape index (κ2) is 9.52. The molecule has 1 aliphatic rings. The Morgan fingerprint density at radius 1 is 1.25 bits per heavy atom. The standard InChI is InChI=1S/C18H23FN6O2.ClH/c1-12(2)21-17-6-5-16(25(26)27)18(23-17)22-13-3-4-15(14(19)11-13)24-9-7-20-8-10-24;/h3-6,11-12,20H,7-10H2,1-2H3,(H2,21,22,23);1H. The van der Waals surface area contributed by atoms with E-state index in [2.05, 4.69) is 20.9 Å². The Hall–Kier alpha value is -2.65. The van der Waals surface area contributed by atoms with E-state index < -0.39 is 4.92 Å².